The average molecular weight is 226 g/mol. The van der Waals surface area contributed by atoms with Gasteiger partial charge in [0.25, 0.3) is 0 Å². The van der Waals surface area contributed by atoms with Crippen LogP contribution in [0.4, 0.5) is 0 Å². The van der Waals surface area contributed by atoms with Crippen molar-refractivity contribution in [2.75, 3.05) is 6.54 Å². The maximum absolute atomic E-state index is 11.8. The van der Waals surface area contributed by atoms with Gasteiger partial charge in [-0.15, -0.1) is 0 Å². The first kappa shape index (κ1) is 13.5. The van der Waals surface area contributed by atoms with E-state index in [4.69, 9.17) is 5.73 Å². The van der Waals surface area contributed by atoms with E-state index in [2.05, 4.69) is 19.2 Å². The molecule has 1 fully saturated rings. The second kappa shape index (κ2) is 6.89. The maximum Gasteiger partial charge on any atom is 0.220 e. The average Bonchev–Trinajstić information content (AvgIpc) is 2.68. The van der Waals surface area contributed by atoms with Crippen LogP contribution < -0.4 is 11.1 Å². The predicted molar refractivity (Wildman–Crippen MR) is 67.0 cm³/mol. The molecule has 0 bridgehead atoms. The largest absolute Gasteiger partial charge is 0.352 e. The number of hydrogen-bond acceptors (Lipinski definition) is 2. The van der Waals surface area contributed by atoms with Gasteiger partial charge >= 0.3 is 0 Å². The van der Waals surface area contributed by atoms with E-state index < -0.39 is 0 Å². The molecule has 0 aliphatic heterocycles. The van der Waals surface area contributed by atoms with Crippen LogP contribution in [0.15, 0.2) is 0 Å². The lowest BCUT2D eigenvalue weighted by Gasteiger charge is -2.19. The fraction of sp³-hybridized carbons (Fsp3) is 0.923. The zero-order valence-corrected chi connectivity index (χ0v) is 10.7. The number of carbonyl (C=O) groups excluding carboxylic acids is 1. The van der Waals surface area contributed by atoms with E-state index in [9.17, 15) is 4.79 Å². The molecule has 0 spiro atoms. The molecule has 1 atom stereocenters. The van der Waals surface area contributed by atoms with Crippen molar-refractivity contribution in [2.24, 2.45) is 17.6 Å². The molecule has 0 aromatic rings. The van der Waals surface area contributed by atoms with Crippen LogP contribution in [0.25, 0.3) is 0 Å². The van der Waals surface area contributed by atoms with Crippen molar-refractivity contribution in [1.29, 1.82) is 0 Å². The van der Waals surface area contributed by atoms with Gasteiger partial charge in [-0.25, -0.2) is 0 Å². The molecule has 0 aromatic heterocycles. The van der Waals surface area contributed by atoms with E-state index in [0.29, 0.717) is 24.8 Å². The maximum atomic E-state index is 11.8. The Hall–Kier alpha value is -0.570. The number of nitrogens with two attached hydrogens (primary N) is 1. The van der Waals surface area contributed by atoms with Crippen LogP contribution in [0.5, 0.6) is 0 Å². The van der Waals surface area contributed by atoms with Crippen LogP contribution in [-0.4, -0.2) is 18.5 Å². The van der Waals surface area contributed by atoms with Gasteiger partial charge < -0.3 is 11.1 Å². The van der Waals surface area contributed by atoms with E-state index in [0.717, 1.165) is 6.42 Å². The van der Waals surface area contributed by atoms with Crippen LogP contribution in [0, 0.1) is 11.8 Å². The third kappa shape index (κ3) is 4.97. The number of nitrogens with one attached hydrogen (secondary N) is 1. The summed E-state index contributed by atoms with van der Waals surface area (Å²) in [6, 6.07) is 0.161. The molecule has 3 nitrogen and oxygen atoms in total. The van der Waals surface area contributed by atoms with Gasteiger partial charge in [-0.2, -0.15) is 0 Å². The van der Waals surface area contributed by atoms with Crippen LogP contribution in [0.1, 0.15) is 52.4 Å². The van der Waals surface area contributed by atoms with Crippen molar-refractivity contribution >= 4 is 5.91 Å². The Morgan fingerprint density at radius 1 is 1.38 bits per heavy atom. The molecule has 1 amide bonds. The third-order valence-electron chi connectivity index (χ3n) is 3.35. The van der Waals surface area contributed by atoms with Crippen LogP contribution in [-0.2, 0) is 4.79 Å². The lowest BCUT2D eigenvalue weighted by molar-refractivity contribution is -0.122. The molecule has 1 rings (SSSR count). The Bertz CT molecular complexity index is 210. The molecular weight excluding hydrogens is 200 g/mol. The SMILES string of the molecule is CC(C)CC(CN)NC(=O)CC1CCCC1. The summed E-state index contributed by atoms with van der Waals surface area (Å²) >= 11 is 0. The molecule has 0 aromatic carbocycles. The number of amides is 1. The zero-order chi connectivity index (χ0) is 12.0. The van der Waals surface area contributed by atoms with E-state index in [1.807, 2.05) is 0 Å². The summed E-state index contributed by atoms with van der Waals surface area (Å²) in [6.07, 6.45) is 6.73. The minimum atomic E-state index is 0.161. The number of hydrogen-bond donors (Lipinski definition) is 2. The molecule has 3 N–H and O–H groups in total. The normalized spacial score (nSPS) is 19.0. The fourth-order valence-electron chi connectivity index (χ4n) is 2.55. The van der Waals surface area contributed by atoms with Crippen molar-refractivity contribution in [3.63, 3.8) is 0 Å². The van der Waals surface area contributed by atoms with E-state index in [1.165, 1.54) is 25.7 Å². The molecule has 1 unspecified atom stereocenters. The first-order chi connectivity index (χ1) is 7.61. The van der Waals surface area contributed by atoms with Gasteiger partial charge in [0.05, 0.1) is 0 Å². The van der Waals surface area contributed by atoms with Crippen LogP contribution in [0.3, 0.4) is 0 Å². The predicted octanol–water partition coefficient (Wildman–Crippen LogP) is 2.06. The molecule has 0 saturated heterocycles. The van der Waals surface area contributed by atoms with Crippen molar-refractivity contribution < 1.29 is 4.79 Å². The van der Waals surface area contributed by atoms with E-state index in [1.54, 1.807) is 0 Å². The minimum absolute atomic E-state index is 0.161. The highest BCUT2D eigenvalue weighted by molar-refractivity contribution is 5.76. The van der Waals surface area contributed by atoms with E-state index >= 15 is 0 Å². The number of carbonyl (C=O) groups is 1. The Morgan fingerprint density at radius 3 is 2.50 bits per heavy atom. The quantitative estimate of drug-likeness (QED) is 0.728. The van der Waals surface area contributed by atoms with Gasteiger partial charge in [-0.3, -0.25) is 4.79 Å². The Labute approximate surface area is 99.2 Å². The standard InChI is InChI=1S/C13H26N2O/c1-10(2)7-12(9-14)15-13(16)8-11-5-3-4-6-11/h10-12H,3-9,14H2,1-2H3,(H,15,16). The third-order valence-corrected chi connectivity index (χ3v) is 3.35. The van der Waals surface area contributed by atoms with Gasteiger partial charge in [0.2, 0.25) is 5.91 Å². The van der Waals surface area contributed by atoms with Gasteiger partial charge in [0.1, 0.15) is 0 Å². The molecule has 0 heterocycles. The van der Waals surface area contributed by atoms with Crippen molar-refractivity contribution in [2.45, 2.75) is 58.4 Å². The Balaban J connectivity index is 2.24. The zero-order valence-electron chi connectivity index (χ0n) is 10.7. The van der Waals surface area contributed by atoms with Crippen molar-refractivity contribution in [1.82, 2.24) is 5.32 Å². The van der Waals surface area contributed by atoms with Crippen LogP contribution in [0.2, 0.25) is 0 Å². The lowest BCUT2D eigenvalue weighted by atomic mass is 10.0. The summed E-state index contributed by atoms with van der Waals surface area (Å²) < 4.78 is 0. The highest BCUT2D eigenvalue weighted by Gasteiger charge is 2.20. The van der Waals surface area contributed by atoms with Gasteiger partial charge in [-0.1, -0.05) is 26.7 Å². The summed E-state index contributed by atoms with van der Waals surface area (Å²) in [7, 11) is 0. The Morgan fingerprint density at radius 2 is 2.00 bits per heavy atom. The molecule has 1 saturated carbocycles. The monoisotopic (exact) mass is 226 g/mol. The minimum Gasteiger partial charge on any atom is -0.352 e. The molecule has 94 valence electrons. The summed E-state index contributed by atoms with van der Waals surface area (Å²) in [4.78, 5) is 11.8. The molecule has 1 aliphatic carbocycles. The summed E-state index contributed by atoms with van der Waals surface area (Å²) in [5, 5.41) is 3.06. The molecule has 1 aliphatic rings. The van der Waals surface area contributed by atoms with Crippen LogP contribution >= 0.6 is 0 Å². The Kier molecular flexibility index (Phi) is 5.81. The smallest absolute Gasteiger partial charge is 0.220 e. The first-order valence-electron chi connectivity index (χ1n) is 6.61. The molecule has 16 heavy (non-hydrogen) atoms. The van der Waals surface area contributed by atoms with Crippen molar-refractivity contribution in [3.8, 4) is 0 Å². The first-order valence-corrected chi connectivity index (χ1v) is 6.61. The lowest BCUT2D eigenvalue weighted by Crippen LogP contribution is -2.41. The topological polar surface area (TPSA) is 55.1 Å². The summed E-state index contributed by atoms with van der Waals surface area (Å²) in [5.74, 6) is 1.40. The molecule has 3 heteroatoms. The van der Waals surface area contributed by atoms with Gasteiger partial charge in [0, 0.05) is 19.0 Å². The summed E-state index contributed by atoms with van der Waals surface area (Å²) in [6.45, 7) is 4.87. The highest BCUT2D eigenvalue weighted by atomic mass is 16.1. The summed E-state index contributed by atoms with van der Waals surface area (Å²) in [5.41, 5.74) is 5.66. The van der Waals surface area contributed by atoms with Crippen molar-refractivity contribution in [3.05, 3.63) is 0 Å². The van der Waals surface area contributed by atoms with Gasteiger partial charge in [-0.05, 0) is 31.1 Å². The second-order valence-corrected chi connectivity index (χ2v) is 5.48. The molecule has 0 radical (unpaired) electrons. The number of rotatable bonds is 6. The molecular formula is C13H26N2O. The highest BCUT2D eigenvalue weighted by Crippen LogP contribution is 2.27. The fourth-order valence-corrected chi connectivity index (χ4v) is 2.55. The second-order valence-electron chi connectivity index (χ2n) is 5.48. The van der Waals surface area contributed by atoms with E-state index in [-0.39, 0.29) is 11.9 Å². The van der Waals surface area contributed by atoms with Gasteiger partial charge in [0.15, 0.2) is 0 Å².